The molecule has 2 aromatic rings. The molecular formula is C14H13BrN2O2. The number of benzene rings is 1. The van der Waals surface area contributed by atoms with E-state index in [1.165, 1.54) is 0 Å². The maximum absolute atomic E-state index is 11.1. The van der Waals surface area contributed by atoms with Gasteiger partial charge < -0.3 is 10.1 Å². The summed E-state index contributed by atoms with van der Waals surface area (Å²) in [6.07, 6.45) is 3.15. The highest BCUT2D eigenvalue weighted by atomic mass is 79.9. The zero-order valence-electron chi connectivity index (χ0n) is 10.2. The summed E-state index contributed by atoms with van der Waals surface area (Å²) in [5, 5.41) is 4.94. The Morgan fingerprint density at radius 1 is 1.42 bits per heavy atom. The van der Waals surface area contributed by atoms with Gasteiger partial charge >= 0.3 is 0 Å². The SMILES string of the molecule is O=C1CCC(COc2nccc3cc(Br)ccc23)N1. The normalized spacial score (nSPS) is 18.6. The summed E-state index contributed by atoms with van der Waals surface area (Å²) in [5.74, 6) is 0.717. The van der Waals surface area contributed by atoms with Gasteiger partial charge in [0.2, 0.25) is 11.8 Å². The van der Waals surface area contributed by atoms with Crippen molar-refractivity contribution in [3.05, 3.63) is 34.9 Å². The van der Waals surface area contributed by atoms with Crippen LogP contribution in [0.2, 0.25) is 0 Å². The number of pyridine rings is 1. The molecule has 3 rings (SSSR count). The van der Waals surface area contributed by atoms with Crippen molar-refractivity contribution >= 4 is 32.6 Å². The first-order chi connectivity index (χ1) is 9.22. The standard InChI is InChI=1S/C14H13BrN2O2/c15-10-1-3-12-9(7-10)5-6-16-14(12)19-8-11-2-4-13(18)17-11/h1,3,5-7,11H,2,4,8H2,(H,17,18). The third kappa shape index (κ3) is 2.71. The zero-order valence-corrected chi connectivity index (χ0v) is 11.8. The molecule has 1 atom stereocenters. The van der Waals surface area contributed by atoms with Crippen LogP contribution in [-0.2, 0) is 4.79 Å². The molecule has 19 heavy (non-hydrogen) atoms. The fraction of sp³-hybridized carbons (Fsp3) is 0.286. The Morgan fingerprint density at radius 3 is 3.11 bits per heavy atom. The lowest BCUT2D eigenvalue weighted by Gasteiger charge is -2.12. The van der Waals surface area contributed by atoms with E-state index in [-0.39, 0.29) is 11.9 Å². The van der Waals surface area contributed by atoms with E-state index < -0.39 is 0 Å². The largest absolute Gasteiger partial charge is 0.475 e. The Bertz CT molecular complexity index is 630. The van der Waals surface area contributed by atoms with Gasteiger partial charge in [0, 0.05) is 22.5 Å². The summed E-state index contributed by atoms with van der Waals surface area (Å²) in [4.78, 5) is 15.4. The minimum atomic E-state index is 0.0972. The van der Waals surface area contributed by atoms with E-state index in [0.717, 1.165) is 21.7 Å². The molecule has 5 heteroatoms. The second-order valence-corrected chi connectivity index (χ2v) is 5.51. The highest BCUT2D eigenvalue weighted by molar-refractivity contribution is 9.10. The molecular weight excluding hydrogens is 308 g/mol. The molecule has 1 fully saturated rings. The number of hydrogen-bond donors (Lipinski definition) is 1. The maximum Gasteiger partial charge on any atom is 0.221 e. The molecule has 1 aromatic carbocycles. The molecule has 0 saturated carbocycles. The number of halogens is 1. The number of carbonyl (C=O) groups excluding carboxylic acids is 1. The van der Waals surface area contributed by atoms with Crippen molar-refractivity contribution in [1.29, 1.82) is 0 Å². The Hall–Kier alpha value is -1.62. The Labute approximate surface area is 119 Å². The molecule has 1 aliphatic rings. The van der Waals surface area contributed by atoms with Crippen LogP contribution >= 0.6 is 15.9 Å². The average molecular weight is 321 g/mol. The number of rotatable bonds is 3. The first kappa shape index (κ1) is 12.4. The zero-order chi connectivity index (χ0) is 13.2. The highest BCUT2D eigenvalue weighted by Gasteiger charge is 2.21. The minimum Gasteiger partial charge on any atom is -0.475 e. The van der Waals surface area contributed by atoms with Gasteiger partial charge in [-0.25, -0.2) is 4.98 Å². The smallest absolute Gasteiger partial charge is 0.221 e. The van der Waals surface area contributed by atoms with E-state index >= 15 is 0 Å². The lowest BCUT2D eigenvalue weighted by molar-refractivity contribution is -0.119. The van der Waals surface area contributed by atoms with Crippen LogP contribution in [0.15, 0.2) is 34.9 Å². The summed E-state index contributed by atoms with van der Waals surface area (Å²) in [6.45, 7) is 0.466. The molecule has 0 spiro atoms. The number of hydrogen-bond acceptors (Lipinski definition) is 3. The predicted octanol–water partition coefficient (Wildman–Crippen LogP) is 2.65. The van der Waals surface area contributed by atoms with Gasteiger partial charge in [-0.3, -0.25) is 4.79 Å². The van der Waals surface area contributed by atoms with Crippen LogP contribution < -0.4 is 10.1 Å². The average Bonchev–Trinajstić information content (AvgIpc) is 2.81. The summed E-state index contributed by atoms with van der Waals surface area (Å²) in [5.41, 5.74) is 0. The molecule has 0 bridgehead atoms. The van der Waals surface area contributed by atoms with Crippen molar-refractivity contribution in [3.8, 4) is 5.88 Å². The lowest BCUT2D eigenvalue weighted by Crippen LogP contribution is -2.31. The van der Waals surface area contributed by atoms with Gasteiger partial charge in [0.05, 0.1) is 6.04 Å². The van der Waals surface area contributed by atoms with E-state index in [0.29, 0.717) is 18.9 Å². The third-order valence-electron chi connectivity index (χ3n) is 3.20. The van der Waals surface area contributed by atoms with Gasteiger partial charge in [0.1, 0.15) is 6.61 Å². The molecule has 98 valence electrons. The molecule has 0 aliphatic carbocycles. The van der Waals surface area contributed by atoms with E-state index in [2.05, 4.69) is 26.2 Å². The van der Waals surface area contributed by atoms with Crippen LogP contribution in [0.1, 0.15) is 12.8 Å². The summed E-state index contributed by atoms with van der Waals surface area (Å²) >= 11 is 3.45. The first-order valence-electron chi connectivity index (χ1n) is 6.19. The number of ether oxygens (including phenoxy) is 1. The van der Waals surface area contributed by atoms with Crippen LogP contribution in [0.3, 0.4) is 0 Å². The second-order valence-electron chi connectivity index (χ2n) is 4.60. The Balaban J connectivity index is 1.79. The monoisotopic (exact) mass is 320 g/mol. The fourth-order valence-electron chi connectivity index (χ4n) is 2.22. The third-order valence-corrected chi connectivity index (χ3v) is 3.69. The molecule has 0 radical (unpaired) electrons. The van der Waals surface area contributed by atoms with Gasteiger partial charge in [-0.15, -0.1) is 0 Å². The van der Waals surface area contributed by atoms with E-state index in [4.69, 9.17) is 4.74 Å². The van der Waals surface area contributed by atoms with Crippen molar-refractivity contribution in [1.82, 2.24) is 10.3 Å². The van der Waals surface area contributed by atoms with Crippen molar-refractivity contribution in [2.75, 3.05) is 6.61 Å². The summed E-state index contributed by atoms with van der Waals surface area (Å²) < 4.78 is 6.78. The van der Waals surface area contributed by atoms with Crippen LogP contribution in [-0.4, -0.2) is 23.5 Å². The quantitative estimate of drug-likeness (QED) is 0.945. The number of carbonyl (C=O) groups is 1. The van der Waals surface area contributed by atoms with Gasteiger partial charge in [0.25, 0.3) is 0 Å². The van der Waals surface area contributed by atoms with Crippen LogP contribution in [0, 0.1) is 0 Å². The topological polar surface area (TPSA) is 51.2 Å². The fourth-order valence-corrected chi connectivity index (χ4v) is 2.60. The van der Waals surface area contributed by atoms with Crippen LogP contribution in [0.25, 0.3) is 10.8 Å². The summed E-state index contributed by atoms with van der Waals surface area (Å²) in [6, 6.07) is 8.02. The first-order valence-corrected chi connectivity index (χ1v) is 6.98. The molecule has 1 saturated heterocycles. The van der Waals surface area contributed by atoms with Crippen molar-refractivity contribution in [2.45, 2.75) is 18.9 Å². The molecule has 2 heterocycles. The number of aromatic nitrogens is 1. The van der Waals surface area contributed by atoms with E-state index in [1.54, 1.807) is 6.20 Å². The molecule has 1 unspecified atom stereocenters. The number of nitrogens with one attached hydrogen (secondary N) is 1. The molecule has 1 amide bonds. The van der Waals surface area contributed by atoms with E-state index in [1.807, 2.05) is 24.3 Å². The van der Waals surface area contributed by atoms with Crippen LogP contribution in [0.5, 0.6) is 5.88 Å². The maximum atomic E-state index is 11.1. The highest BCUT2D eigenvalue weighted by Crippen LogP contribution is 2.26. The van der Waals surface area contributed by atoms with Crippen molar-refractivity contribution in [2.24, 2.45) is 0 Å². The molecule has 1 N–H and O–H groups in total. The number of fused-ring (bicyclic) bond motifs is 1. The van der Waals surface area contributed by atoms with Crippen molar-refractivity contribution in [3.63, 3.8) is 0 Å². The lowest BCUT2D eigenvalue weighted by atomic mass is 10.2. The molecule has 1 aliphatic heterocycles. The summed E-state index contributed by atoms with van der Waals surface area (Å²) in [7, 11) is 0. The van der Waals surface area contributed by atoms with Gasteiger partial charge in [-0.05, 0) is 36.1 Å². The Morgan fingerprint density at radius 2 is 2.32 bits per heavy atom. The number of amides is 1. The Kier molecular flexibility index (Phi) is 3.38. The van der Waals surface area contributed by atoms with E-state index in [9.17, 15) is 4.79 Å². The van der Waals surface area contributed by atoms with Gasteiger partial charge in [-0.1, -0.05) is 15.9 Å². The second kappa shape index (κ2) is 5.17. The minimum absolute atomic E-state index is 0.0972. The number of nitrogens with zero attached hydrogens (tertiary/aromatic N) is 1. The van der Waals surface area contributed by atoms with Crippen LogP contribution in [0.4, 0.5) is 0 Å². The molecule has 1 aromatic heterocycles. The molecule has 4 nitrogen and oxygen atoms in total. The predicted molar refractivity (Wildman–Crippen MR) is 76.1 cm³/mol. The van der Waals surface area contributed by atoms with Gasteiger partial charge in [0.15, 0.2) is 0 Å². The van der Waals surface area contributed by atoms with Crippen molar-refractivity contribution < 1.29 is 9.53 Å². The van der Waals surface area contributed by atoms with Gasteiger partial charge in [-0.2, -0.15) is 0 Å².